The molecular formula is C11H10BrFO3. The molecule has 0 unspecified atom stereocenters. The van der Waals surface area contributed by atoms with Gasteiger partial charge in [0.05, 0.1) is 17.0 Å². The van der Waals surface area contributed by atoms with E-state index in [0.29, 0.717) is 24.2 Å². The summed E-state index contributed by atoms with van der Waals surface area (Å²) >= 11 is 3.04. The molecule has 1 N–H and O–H groups in total. The molecule has 0 amide bonds. The van der Waals surface area contributed by atoms with E-state index in [1.807, 2.05) is 0 Å². The van der Waals surface area contributed by atoms with Gasteiger partial charge in [-0.15, -0.1) is 0 Å². The first-order valence-electron chi connectivity index (χ1n) is 4.78. The van der Waals surface area contributed by atoms with Gasteiger partial charge in [-0.2, -0.15) is 0 Å². The molecule has 86 valence electrons. The smallest absolute Gasteiger partial charge is 0.314 e. The third-order valence-electron chi connectivity index (χ3n) is 2.92. The van der Waals surface area contributed by atoms with Gasteiger partial charge < -0.3 is 9.84 Å². The first kappa shape index (κ1) is 11.4. The van der Waals surface area contributed by atoms with E-state index >= 15 is 0 Å². The second-order valence-corrected chi connectivity index (χ2v) is 4.71. The van der Waals surface area contributed by atoms with Crippen molar-refractivity contribution in [3.05, 3.63) is 28.0 Å². The molecule has 5 heteroatoms. The number of carboxylic acid groups (broad SMARTS) is 1. The lowest BCUT2D eigenvalue weighted by Crippen LogP contribution is -2.20. The Morgan fingerprint density at radius 3 is 2.62 bits per heavy atom. The second-order valence-electron chi connectivity index (χ2n) is 3.85. The number of rotatable bonds is 3. The van der Waals surface area contributed by atoms with Crippen LogP contribution in [0.5, 0.6) is 5.75 Å². The van der Waals surface area contributed by atoms with Crippen molar-refractivity contribution in [2.45, 2.75) is 18.3 Å². The van der Waals surface area contributed by atoms with Gasteiger partial charge in [-0.1, -0.05) is 0 Å². The summed E-state index contributed by atoms with van der Waals surface area (Å²) in [6, 6.07) is 2.71. The number of aliphatic carboxylic acids is 1. The Morgan fingerprint density at radius 2 is 2.19 bits per heavy atom. The number of carbonyl (C=O) groups is 1. The van der Waals surface area contributed by atoms with Gasteiger partial charge in [-0.05, 0) is 40.9 Å². The van der Waals surface area contributed by atoms with E-state index < -0.39 is 17.2 Å². The Balaban J connectivity index is 2.56. The highest BCUT2D eigenvalue weighted by atomic mass is 79.9. The quantitative estimate of drug-likeness (QED) is 0.930. The zero-order chi connectivity index (χ0) is 11.9. The molecule has 0 aromatic heterocycles. The van der Waals surface area contributed by atoms with Crippen LogP contribution in [-0.4, -0.2) is 18.2 Å². The number of carboxylic acids is 1. The van der Waals surface area contributed by atoms with E-state index in [-0.39, 0.29) is 4.47 Å². The molecule has 2 rings (SSSR count). The molecule has 0 heterocycles. The minimum Gasteiger partial charge on any atom is -0.496 e. The summed E-state index contributed by atoms with van der Waals surface area (Å²) in [5, 5.41) is 9.15. The molecule has 16 heavy (non-hydrogen) atoms. The van der Waals surface area contributed by atoms with Crippen LogP contribution in [0.25, 0.3) is 0 Å². The first-order valence-corrected chi connectivity index (χ1v) is 5.57. The van der Waals surface area contributed by atoms with E-state index in [1.54, 1.807) is 0 Å². The van der Waals surface area contributed by atoms with Crippen molar-refractivity contribution in [3.8, 4) is 5.75 Å². The van der Waals surface area contributed by atoms with Gasteiger partial charge in [0.15, 0.2) is 0 Å². The fourth-order valence-corrected chi connectivity index (χ4v) is 2.12. The number of hydrogen-bond acceptors (Lipinski definition) is 2. The zero-order valence-corrected chi connectivity index (χ0v) is 10.2. The Labute approximate surface area is 100 Å². The molecule has 3 nitrogen and oxygen atoms in total. The van der Waals surface area contributed by atoms with E-state index in [2.05, 4.69) is 15.9 Å². The van der Waals surface area contributed by atoms with Gasteiger partial charge >= 0.3 is 5.97 Å². The normalized spacial score (nSPS) is 16.9. The van der Waals surface area contributed by atoms with E-state index in [1.165, 1.54) is 19.2 Å². The number of ether oxygens (including phenoxy) is 1. The van der Waals surface area contributed by atoms with Crippen LogP contribution < -0.4 is 4.74 Å². The van der Waals surface area contributed by atoms with Crippen LogP contribution in [-0.2, 0) is 10.2 Å². The highest BCUT2D eigenvalue weighted by Gasteiger charge is 2.53. The van der Waals surface area contributed by atoms with Crippen LogP contribution in [0.3, 0.4) is 0 Å². The highest BCUT2D eigenvalue weighted by Crippen LogP contribution is 2.52. The van der Waals surface area contributed by atoms with Crippen molar-refractivity contribution in [1.82, 2.24) is 0 Å². The zero-order valence-electron chi connectivity index (χ0n) is 8.59. The van der Waals surface area contributed by atoms with Gasteiger partial charge in [0.1, 0.15) is 11.6 Å². The van der Waals surface area contributed by atoms with E-state index in [4.69, 9.17) is 9.84 Å². The maximum atomic E-state index is 13.4. The fraction of sp³-hybridized carbons (Fsp3) is 0.364. The monoisotopic (exact) mass is 288 g/mol. The van der Waals surface area contributed by atoms with Crippen molar-refractivity contribution in [1.29, 1.82) is 0 Å². The van der Waals surface area contributed by atoms with Crippen molar-refractivity contribution >= 4 is 21.9 Å². The maximum Gasteiger partial charge on any atom is 0.314 e. The molecule has 1 aliphatic rings. The lowest BCUT2D eigenvalue weighted by molar-refractivity contribution is -0.140. The third-order valence-corrected chi connectivity index (χ3v) is 3.53. The summed E-state index contributed by atoms with van der Waals surface area (Å²) in [4.78, 5) is 11.2. The SMILES string of the molecule is COc1cc(Br)c(F)cc1C1(C(=O)O)CC1. The maximum absolute atomic E-state index is 13.4. The van der Waals surface area contributed by atoms with Crippen LogP contribution >= 0.6 is 15.9 Å². The molecule has 1 aliphatic carbocycles. The minimum absolute atomic E-state index is 0.272. The average Bonchev–Trinajstić information content (AvgIpc) is 3.02. The summed E-state index contributed by atoms with van der Waals surface area (Å²) in [5.74, 6) is -0.982. The number of halogens is 2. The molecule has 1 aromatic carbocycles. The summed E-state index contributed by atoms with van der Waals surface area (Å²) in [5.41, 5.74) is -0.532. The van der Waals surface area contributed by atoms with Gasteiger partial charge in [0.2, 0.25) is 0 Å². The molecule has 0 radical (unpaired) electrons. The van der Waals surface area contributed by atoms with Crippen molar-refractivity contribution < 1.29 is 19.0 Å². The molecule has 1 fully saturated rings. The topological polar surface area (TPSA) is 46.5 Å². The van der Waals surface area contributed by atoms with Crippen LogP contribution in [0.1, 0.15) is 18.4 Å². The molecule has 0 bridgehead atoms. The number of hydrogen-bond donors (Lipinski definition) is 1. The molecule has 0 atom stereocenters. The largest absolute Gasteiger partial charge is 0.496 e. The predicted molar refractivity (Wildman–Crippen MR) is 59.2 cm³/mol. The van der Waals surface area contributed by atoms with Gasteiger partial charge in [-0.3, -0.25) is 4.79 Å². The summed E-state index contributed by atoms with van der Waals surface area (Å²) < 4.78 is 18.8. The highest BCUT2D eigenvalue weighted by molar-refractivity contribution is 9.10. The van der Waals surface area contributed by atoms with E-state index in [9.17, 15) is 9.18 Å². The average molecular weight is 289 g/mol. The van der Waals surface area contributed by atoms with Crippen molar-refractivity contribution in [3.63, 3.8) is 0 Å². The third kappa shape index (κ3) is 1.59. The lowest BCUT2D eigenvalue weighted by Gasteiger charge is -2.15. The van der Waals surface area contributed by atoms with Gasteiger partial charge in [-0.25, -0.2) is 4.39 Å². The van der Waals surface area contributed by atoms with Crippen molar-refractivity contribution in [2.75, 3.05) is 7.11 Å². The van der Waals surface area contributed by atoms with Gasteiger partial charge in [0.25, 0.3) is 0 Å². The molecule has 1 saturated carbocycles. The molecule has 1 aromatic rings. The fourth-order valence-electron chi connectivity index (χ4n) is 1.79. The molecular weight excluding hydrogens is 279 g/mol. The Kier molecular flexibility index (Phi) is 2.66. The first-order chi connectivity index (χ1) is 7.51. The van der Waals surface area contributed by atoms with E-state index in [0.717, 1.165) is 0 Å². The number of methoxy groups -OCH3 is 1. The van der Waals surface area contributed by atoms with Crippen molar-refractivity contribution in [2.24, 2.45) is 0 Å². The minimum atomic E-state index is -0.952. The second kappa shape index (κ2) is 3.73. The summed E-state index contributed by atoms with van der Waals surface area (Å²) in [6.45, 7) is 0. The Hall–Kier alpha value is -1.10. The lowest BCUT2D eigenvalue weighted by atomic mass is 9.95. The standard InChI is InChI=1S/C11H10BrFO3/c1-16-9-5-7(12)8(13)4-6(9)11(2-3-11)10(14)15/h4-5H,2-3H2,1H3,(H,14,15). The molecule has 0 spiro atoms. The van der Waals surface area contributed by atoms with Crippen LogP contribution in [0.15, 0.2) is 16.6 Å². The molecule has 0 aliphatic heterocycles. The summed E-state index contributed by atoms with van der Waals surface area (Å²) in [7, 11) is 1.45. The van der Waals surface area contributed by atoms with Crippen LogP contribution in [0.4, 0.5) is 4.39 Å². The van der Waals surface area contributed by atoms with Crippen LogP contribution in [0, 0.1) is 5.82 Å². The number of benzene rings is 1. The summed E-state index contributed by atoms with van der Waals surface area (Å²) in [6.07, 6.45) is 1.06. The van der Waals surface area contributed by atoms with Gasteiger partial charge in [0, 0.05) is 5.56 Å². The van der Waals surface area contributed by atoms with Crippen LogP contribution in [0.2, 0.25) is 0 Å². The molecule has 0 saturated heterocycles. The Bertz CT molecular complexity index is 455. The Morgan fingerprint density at radius 1 is 1.56 bits per heavy atom. The predicted octanol–water partition coefficient (Wildman–Crippen LogP) is 2.71.